The molecule has 0 saturated carbocycles. The topological polar surface area (TPSA) is 111 Å². The second kappa shape index (κ2) is 9.69. The Morgan fingerprint density at radius 3 is 2.43 bits per heavy atom. The third-order valence-electron chi connectivity index (χ3n) is 6.70. The summed E-state index contributed by atoms with van der Waals surface area (Å²) in [6.07, 6.45) is 3.26. The molecule has 1 aromatic carbocycles. The fourth-order valence-corrected chi connectivity index (χ4v) is 4.61. The number of amides is 2. The molecule has 0 radical (unpaired) electrons. The summed E-state index contributed by atoms with van der Waals surface area (Å²) in [7, 11) is 0. The van der Waals surface area contributed by atoms with Crippen molar-refractivity contribution in [3.05, 3.63) is 36.2 Å². The Hall–Kier alpha value is -3.40. The third kappa shape index (κ3) is 5.32. The summed E-state index contributed by atoms with van der Waals surface area (Å²) < 4.78 is 5.47. The average molecular weight is 479 g/mol. The number of aromatic nitrogens is 4. The Bertz CT molecular complexity index is 1160. The van der Waals surface area contributed by atoms with Crippen molar-refractivity contribution in [3.63, 3.8) is 0 Å². The lowest BCUT2D eigenvalue weighted by Crippen LogP contribution is -2.46. The van der Waals surface area contributed by atoms with Crippen molar-refractivity contribution in [2.75, 3.05) is 54.5 Å². The van der Waals surface area contributed by atoms with Gasteiger partial charge in [0.25, 0.3) is 0 Å². The van der Waals surface area contributed by atoms with Crippen molar-refractivity contribution in [3.8, 4) is 0 Å². The van der Waals surface area contributed by atoms with E-state index in [1.807, 2.05) is 12.1 Å². The summed E-state index contributed by atoms with van der Waals surface area (Å²) in [5.41, 5.74) is 3.66. The molecule has 3 aromatic rings. The molecule has 4 heterocycles. The van der Waals surface area contributed by atoms with Crippen molar-refractivity contribution in [2.45, 2.75) is 45.1 Å². The first-order chi connectivity index (χ1) is 16.9. The summed E-state index contributed by atoms with van der Waals surface area (Å²) in [5, 5.41) is 6.07. The quantitative estimate of drug-likeness (QED) is 0.528. The molecular weight excluding hydrogens is 444 g/mol. The Kier molecular flexibility index (Phi) is 6.46. The first-order valence-corrected chi connectivity index (χ1v) is 12.3. The molecular formula is C25H34N8O2. The first-order valence-electron chi connectivity index (χ1n) is 12.3. The number of carbonyl (C=O) groups is 1. The SMILES string of the molecule is CC(C)(C)c1ccc(NC(=O)NC2CCN(c3nc4ncnc(N5CCOCC5)c4[nH]3)CC2)cc1. The Morgan fingerprint density at radius 1 is 1.03 bits per heavy atom. The van der Waals surface area contributed by atoms with E-state index in [1.54, 1.807) is 6.33 Å². The van der Waals surface area contributed by atoms with Gasteiger partial charge in [-0.25, -0.2) is 14.8 Å². The van der Waals surface area contributed by atoms with E-state index in [0.717, 1.165) is 62.0 Å². The first kappa shape index (κ1) is 23.3. The number of nitrogens with zero attached hydrogens (tertiary/aromatic N) is 5. The molecule has 2 aliphatic heterocycles. The molecule has 0 spiro atoms. The molecule has 10 heteroatoms. The van der Waals surface area contributed by atoms with Gasteiger partial charge in [0.2, 0.25) is 5.95 Å². The molecule has 0 aliphatic carbocycles. The van der Waals surface area contributed by atoms with Gasteiger partial charge in [-0.3, -0.25) is 0 Å². The van der Waals surface area contributed by atoms with Gasteiger partial charge in [-0.15, -0.1) is 0 Å². The summed E-state index contributed by atoms with van der Waals surface area (Å²) in [6, 6.07) is 8.00. The molecule has 5 rings (SSSR count). The lowest BCUT2D eigenvalue weighted by atomic mass is 9.87. The molecule has 2 saturated heterocycles. The van der Waals surface area contributed by atoms with Crippen molar-refractivity contribution < 1.29 is 9.53 Å². The van der Waals surface area contributed by atoms with Crippen molar-refractivity contribution in [1.29, 1.82) is 0 Å². The maximum absolute atomic E-state index is 12.5. The van der Waals surface area contributed by atoms with Gasteiger partial charge in [-0.1, -0.05) is 32.9 Å². The second-order valence-electron chi connectivity index (χ2n) is 10.2. The second-order valence-corrected chi connectivity index (χ2v) is 10.2. The van der Waals surface area contributed by atoms with Crippen LogP contribution in [-0.2, 0) is 10.2 Å². The average Bonchev–Trinajstić information content (AvgIpc) is 3.29. The molecule has 2 aliphatic rings. The van der Waals surface area contributed by atoms with E-state index >= 15 is 0 Å². The van der Waals surface area contributed by atoms with Crippen LogP contribution in [0.5, 0.6) is 0 Å². The Morgan fingerprint density at radius 2 is 1.74 bits per heavy atom. The van der Waals surface area contributed by atoms with Crippen LogP contribution in [0.3, 0.4) is 0 Å². The number of carbonyl (C=O) groups excluding carboxylic acids is 1. The van der Waals surface area contributed by atoms with E-state index in [9.17, 15) is 4.79 Å². The van der Waals surface area contributed by atoms with Crippen LogP contribution in [0.15, 0.2) is 30.6 Å². The van der Waals surface area contributed by atoms with E-state index in [1.165, 1.54) is 5.56 Å². The Balaban J connectivity index is 1.16. The molecule has 2 aromatic heterocycles. The van der Waals surface area contributed by atoms with Crippen molar-refractivity contribution in [2.24, 2.45) is 0 Å². The monoisotopic (exact) mass is 478 g/mol. The number of hydrogen-bond donors (Lipinski definition) is 3. The summed E-state index contributed by atoms with van der Waals surface area (Å²) >= 11 is 0. The number of imidazole rings is 1. The van der Waals surface area contributed by atoms with Gasteiger partial charge in [0.05, 0.1) is 13.2 Å². The largest absolute Gasteiger partial charge is 0.378 e. The smallest absolute Gasteiger partial charge is 0.319 e. The number of urea groups is 1. The van der Waals surface area contributed by atoms with Gasteiger partial charge in [-0.05, 0) is 36.0 Å². The number of piperidine rings is 1. The van der Waals surface area contributed by atoms with Crippen LogP contribution in [0, 0.1) is 0 Å². The highest BCUT2D eigenvalue weighted by Crippen LogP contribution is 2.26. The van der Waals surface area contributed by atoms with Crippen molar-refractivity contribution in [1.82, 2.24) is 25.3 Å². The van der Waals surface area contributed by atoms with Crippen LogP contribution in [0.25, 0.3) is 11.2 Å². The van der Waals surface area contributed by atoms with Gasteiger partial charge in [0.1, 0.15) is 11.8 Å². The van der Waals surface area contributed by atoms with Gasteiger partial charge < -0.3 is 30.2 Å². The number of morpholine rings is 1. The minimum absolute atomic E-state index is 0.0885. The molecule has 0 bridgehead atoms. The van der Waals surface area contributed by atoms with E-state index in [-0.39, 0.29) is 17.5 Å². The van der Waals surface area contributed by atoms with Crippen LogP contribution < -0.4 is 20.4 Å². The molecule has 35 heavy (non-hydrogen) atoms. The molecule has 0 atom stereocenters. The van der Waals surface area contributed by atoms with E-state index < -0.39 is 0 Å². The van der Waals surface area contributed by atoms with Gasteiger partial charge in [0, 0.05) is 37.9 Å². The fourth-order valence-electron chi connectivity index (χ4n) is 4.61. The molecule has 2 amide bonds. The number of aromatic amines is 1. The minimum Gasteiger partial charge on any atom is -0.378 e. The number of H-pyrrole nitrogens is 1. The number of hydrogen-bond acceptors (Lipinski definition) is 7. The van der Waals surface area contributed by atoms with E-state index in [0.29, 0.717) is 18.9 Å². The summed E-state index contributed by atoms with van der Waals surface area (Å²) in [6.45, 7) is 11.1. The summed E-state index contributed by atoms with van der Waals surface area (Å²) in [4.78, 5) is 34.0. The molecule has 2 fully saturated rings. The number of nitrogens with one attached hydrogen (secondary N) is 3. The zero-order valence-corrected chi connectivity index (χ0v) is 20.7. The van der Waals surface area contributed by atoms with Crippen LogP contribution in [0.2, 0.25) is 0 Å². The van der Waals surface area contributed by atoms with E-state index in [2.05, 4.69) is 68.3 Å². The van der Waals surface area contributed by atoms with Crippen molar-refractivity contribution >= 4 is 34.6 Å². The standard InChI is InChI=1S/C25H34N8O2/c1-25(2,3)17-4-6-18(7-5-17)28-24(34)29-19-8-10-33(11-9-19)23-30-20-21(31-23)26-16-27-22(20)32-12-14-35-15-13-32/h4-7,16,19H,8-15H2,1-3H3,(H2,28,29,34)(H,26,27,30,31). The highest BCUT2D eigenvalue weighted by Gasteiger charge is 2.25. The maximum atomic E-state index is 12.5. The zero-order valence-electron chi connectivity index (χ0n) is 20.7. The van der Waals surface area contributed by atoms with Crippen LogP contribution in [0.4, 0.5) is 22.2 Å². The van der Waals surface area contributed by atoms with Gasteiger partial charge in [0.15, 0.2) is 11.5 Å². The lowest BCUT2D eigenvalue weighted by molar-refractivity contribution is 0.122. The zero-order chi connectivity index (χ0) is 24.4. The van der Waals surface area contributed by atoms with Crippen LogP contribution in [0.1, 0.15) is 39.2 Å². The molecule has 3 N–H and O–H groups in total. The van der Waals surface area contributed by atoms with Crippen LogP contribution >= 0.6 is 0 Å². The minimum atomic E-state index is -0.166. The number of rotatable bonds is 4. The normalized spacial score (nSPS) is 17.6. The lowest BCUT2D eigenvalue weighted by Gasteiger charge is -2.32. The number of anilines is 3. The third-order valence-corrected chi connectivity index (χ3v) is 6.70. The number of benzene rings is 1. The van der Waals surface area contributed by atoms with Gasteiger partial charge >= 0.3 is 6.03 Å². The molecule has 186 valence electrons. The predicted octanol–water partition coefficient (Wildman–Crippen LogP) is 3.28. The Labute approximate surface area is 205 Å². The highest BCUT2D eigenvalue weighted by molar-refractivity contribution is 5.89. The molecule has 10 nitrogen and oxygen atoms in total. The van der Waals surface area contributed by atoms with E-state index in [4.69, 9.17) is 9.72 Å². The number of ether oxygens (including phenoxy) is 1. The predicted molar refractivity (Wildman–Crippen MR) is 137 cm³/mol. The highest BCUT2D eigenvalue weighted by atomic mass is 16.5. The number of fused-ring (bicyclic) bond motifs is 1. The summed E-state index contributed by atoms with van der Waals surface area (Å²) in [5.74, 6) is 1.68. The maximum Gasteiger partial charge on any atom is 0.319 e. The van der Waals surface area contributed by atoms with Gasteiger partial charge in [-0.2, -0.15) is 4.98 Å². The van der Waals surface area contributed by atoms with Crippen LogP contribution in [-0.4, -0.2) is 71.4 Å². The fraction of sp³-hybridized carbons (Fsp3) is 0.520. The molecule has 0 unspecified atom stereocenters.